The smallest absolute Gasteiger partial charge is 0.322 e. The van der Waals surface area contributed by atoms with Gasteiger partial charge in [-0.15, -0.1) is 0 Å². The van der Waals surface area contributed by atoms with E-state index in [9.17, 15) is 13.2 Å². The third-order valence-electron chi connectivity index (χ3n) is 2.56. The summed E-state index contributed by atoms with van der Waals surface area (Å²) in [5, 5.41) is 3.62. The summed E-state index contributed by atoms with van der Waals surface area (Å²) in [4.78, 5) is 11.0. The first-order valence-corrected chi connectivity index (χ1v) is 7.26. The van der Waals surface area contributed by atoms with Crippen molar-refractivity contribution in [2.45, 2.75) is 18.5 Å². The van der Waals surface area contributed by atoms with Crippen LogP contribution in [0.1, 0.15) is 6.42 Å². The number of methoxy groups -OCH3 is 1. The largest absolute Gasteiger partial charge is 0.468 e. The van der Waals surface area contributed by atoms with E-state index in [0.29, 0.717) is 13.0 Å². The van der Waals surface area contributed by atoms with Crippen molar-refractivity contribution in [1.82, 2.24) is 5.32 Å². The average molecular weight is 319 g/mol. The Kier molecular flexibility index (Phi) is 7.21. The minimum Gasteiger partial charge on any atom is -0.468 e. The van der Waals surface area contributed by atoms with Crippen LogP contribution in [0.4, 0.5) is 0 Å². The lowest BCUT2D eigenvalue weighted by molar-refractivity contribution is -0.142. The lowest BCUT2D eigenvalue weighted by atomic mass is 10.2. The number of carbonyl (C=O) groups excluding carboxylic acids is 1. The second-order valence-corrected chi connectivity index (χ2v) is 5.07. The van der Waals surface area contributed by atoms with Crippen molar-refractivity contribution in [3.63, 3.8) is 0 Å². The summed E-state index contributed by atoms with van der Waals surface area (Å²) in [6.45, 7) is 0.397. The van der Waals surface area contributed by atoms with Gasteiger partial charge in [-0.3, -0.25) is 4.79 Å². The van der Waals surface area contributed by atoms with Crippen molar-refractivity contribution in [1.29, 1.82) is 0 Å². The van der Waals surface area contributed by atoms with Gasteiger partial charge in [0.15, 0.2) is 0 Å². The topological polar surface area (TPSA) is 84.8 Å². The Morgan fingerprint density at radius 3 is 2.50 bits per heavy atom. The van der Waals surface area contributed by atoms with Crippen molar-refractivity contribution < 1.29 is 17.9 Å². The standard InChI is InChI=1S/C6H5Cl.C6H10N2O4S/c7-6-4-2-1-3-5-6;1-12-6(9)5-2-4(3-7-5)8-13(10)11/h1-5H;4-5,7H,2-3H2,1H3/t;4-,5+/m.1/s1. The van der Waals surface area contributed by atoms with Gasteiger partial charge in [-0.1, -0.05) is 29.8 Å². The van der Waals surface area contributed by atoms with E-state index in [0.717, 1.165) is 5.02 Å². The normalized spacial score (nSPS) is 20.5. The molecular weight excluding hydrogens is 304 g/mol. The Hall–Kier alpha value is -1.44. The summed E-state index contributed by atoms with van der Waals surface area (Å²) >= 11 is 5.54. The molecule has 0 radical (unpaired) electrons. The van der Waals surface area contributed by atoms with Crippen LogP contribution >= 0.6 is 11.6 Å². The summed E-state index contributed by atoms with van der Waals surface area (Å²) in [5.41, 5.74) is 0. The van der Waals surface area contributed by atoms with Crippen LogP contribution in [-0.2, 0) is 20.0 Å². The molecule has 2 rings (SSSR count). The fourth-order valence-electron chi connectivity index (χ4n) is 1.66. The second kappa shape index (κ2) is 8.68. The number of esters is 1. The van der Waals surface area contributed by atoms with Gasteiger partial charge < -0.3 is 10.1 Å². The van der Waals surface area contributed by atoms with Gasteiger partial charge in [-0.05, 0) is 18.6 Å². The Morgan fingerprint density at radius 2 is 2.05 bits per heavy atom. The maximum Gasteiger partial charge on any atom is 0.322 e. The number of halogens is 1. The highest BCUT2D eigenvalue weighted by Gasteiger charge is 2.30. The van der Waals surface area contributed by atoms with Gasteiger partial charge in [-0.2, -0.15) is 12.8 Å². The van der Waals surface area contributed by atoms with Crippen LogP contribution in [0.15, 0.2) is 34.7 Å². The summed E-state index contributed by atoms with van der Waals surface area (Å²) < 4.78 is 28.3. The molecule has 2 atom stereocenters. The van der Waals surface area contributed by atoms with E-state index in [2.05, 4.69) is 14.4 Å². The minimum atomic E-state index is -2.40. The van der Waals surface area contributed by atoms with E-state index >= 15 is 0 Å². The van der Waals surface area contributed by atoms with Crippen molar-refractivity contribution in [3.8, 4) is 0 Å². The molecule has 1 heterocycles. The van der Waals surface area contributed by atoms with E-state index in [1.54, 1.807) is 0 Å². The number of rotatable bonds is 2. The van der Waals surface area contributed by atoms with Crippen LogP contribution in [0, 0.1) is 0 Å². The predicted molar refractivity (Wildman–Crippen MR) is 75.0 cm³/mol. The molecule has 110 valence electrons. The molecule has 0 saturated carbocycles. The van der Waals surface area contributed by atoms with E-state index < -0.39 is 16.5 Å². The molecule has 0 aromatic heterocycles. The van der Waals surface area contributed by atoms with Crippen LogP contribution in [0.2, 0.25) is 5.02 Å². The maximum atomic E-state index is 11.0. The summed E-state index contributed by atoms with van der Waals surface area (Å²) in [5.74, 6) is -0.380. The molecule has 1 aliphatic rings. The molecule has 0 unspecified atom stereocenters. The van der Waals surface area contributed by atoms with Crippen molar-refractivity contribution in [3.05, 3.63) is 35.4 Å². The number of hydrogen-bond acceptors (Lipinski definition) is 6. The molecule has 1 aromatic carbocycles. The monoisotopic (exact) mass is 318 g/mol. The first-order chi connectivity index (χ1) is 9.52. The fourth-order valence-corrected chi connectivity index (χ4v) is 2.21. The van der Waals surface area contributed by atoms with E-state index in [4.69, 9.17) is 11.6 Å². The highest BCUT2D eigenvalue weighted by atomic mass is 35.5. The Balaban J connectivity index is 0.000000240. The molecule has 20 heavy (non-hydrogen) atoms. The summed E-state index contributed by atoms with van der Waals surface area (Å²) in [6, 6.07) is 8.67. The van der Waals surface area contributed by atoms with Gasteiger partial charge in [0.2, 0.25) is 0 Å². The molecule has 1 aliphatic heterocycles. The Morgan fingerprint density at radius 1 is 1.40 bits per heavy atom. The van der Waals surface area contributed by atoms with Crippen molar-refractivity contribution in [2.24, 2.45) is 4.36 Å². The van der Waals surface area contributed by atoms with Crippen LogP contribution in [0.5, 0.6) is 0 Å². The maximum absolute atomic E-state index is 11.0. The molecule has 6 nitrogen and oxygen atoms in total. The number of nitrogens with zero attached hydrogens (tertiary/aromatic N) is 1. The zero-order valence-electron chi connectivity index (χ0n) is 10.8. The Bertz CT molecular complexity index is 554. The number of hydrogen-bond donors (Lipinski definition) is 1. The molecule has 1 N–H and O–H groups in total. The van der Waals surface area contributed by atoms with Gasteiger partial charge in [0.05, 0.1) is 13.2 Å². The summed E-state index contributed by atoms with van der Waals surface area (Å²) in [7, 11) is -1.11. The first-order valence-electron chi connectivity index (χ1n) is 5.85. The van der Waals surface area contributed by atoms with Gasteiger partial charge in [0.1, 0.15) is 6.04 Å². The van der Waals surface area contributed by atoms with Gasteiger partial charge >= 0.3 is 16.5 Å². The van der Waals surface area contributed by atoms with E-state index in [1.807, 2.05) is 30.3 Å². The van der Waals surface area contributed by atoms with Gasteiger partial charge in [0.25, 0.3) is 0 Å². The number of carbonyl (C=O) groups is 1. The zero-order chi connectivity index (χ0) is 15.0. The predicted octanol–water partition coefficient (Wildman–Crippen LogP) is 1.29. The number of ether oxygens (including phenoxy) is 1. The molecule has 0 bridgehead atoms. The third kappa shape index (κ3) is 6.14. The number of benzene rings is 1. The lowest BCUT2D eigenvalue weighted by Crippen LogP contribution is -2.31. The van der Waals surface area contributed by atoms with Crippen LogP contribution in [0.25, 0.3) is 0 Å². The highest BCUT2D eigenvalue weighted by molar-refractivity contribution is 7.61. The third-order valence-corrected chi connectivity index (χ3v) is 3.28. The molecule has 1 aromatic rings. The lowest BCUT2D eigenvalue weighted by Gasteiger charge is -2.05. The van der Waals surface area contributed by atoms with Crippen LogP contribution in [0.3, 0.4) is 0 Å². The van der Waals surface area contributed by atoms with Gasteiger partial charge in [0, 0.05) is 11.6 Å². The molecular formula is C12H15ClN2O4S. The molecule has 8 heteroatoms. The van der Waals surface area contributed by atoms with Crippen LogP contribution < -0.4 is 5.32 Å². The van der Waals surface area contributed by atoms with Crippen molar-refractivity contribution >= 4 is 28.1 Å². The second-order valence-electron chi connectivity index (χ2n) is 3.99. The van der Waals surface area contributed by atoms with Crippen molar-refractivity contribution in [2.75, 3.05) is 13.7 Å². The minimum absolute atomic E-state index is 0.345. The molecule has 0 amide bonds. The Labute approximate surface area is 123 Å². The van der Waals surface area contributed by atoms with Crippen LogP contribution in [-0.4, -0.2) is 40.1 Å². The molecule has 0 spiro atoms. The highest BCUT2D eigenvalue weighted by Crippen LogP contribution is 2.10. The van der Waals surface area contributed by atoms with E-state index in [1.165, 1.54) is 7.11 Å². The molecule has 1 saturated heterocycles. The number of nitrogens with one attached hydrogen (secondary N) is 1. The van der Waals surface area contributed by atoms with E-state index in [-0.39, 0.29) is 12.0 Å². The van der Waals surface area contributed by atoms with Gasteiger partial charge in [-0.25, -0.2) is 0 Å². The zero-order valence-corrected chi connectivity index (χ0v) is 12.4. The molecule has 0 aliphatic carbocycles. The molecule has 1 fully saturated rings. The SMILES string of the molecule is COC(=O)[C@@H]1C[C@@H](N=S(=O)=O)CN1.Clc1ccccc1. The first kappa shape index (κ1) is 16.6. The summed E-state index contributed by atoms with van der Waals surface area (Å²) in [6.07, 6.45) is 0.376. The fraction of sp³-hybridized carbons (Fsp3) is 0.417. The average Bonchev–Trinajstić information content (AvgIpc) is 2.87. The quantitative estimate of drug-likeness (QED) is 0.831.